The number of nitrogens with zero attached hydrogens (tertiary/aromatic N) is 4. The fourth-order valence-electron chi connectivity index (χ4n) is 4.08. The topological polar surface area (TPSA) is 72.2 Å². The lowest BCUT2D eigenvalue weighted by Gasteiger charge is -2.09. The van der Waals surface area contributed by atoms with Crippen molar-refractivity contribution in [3.63, 3.8) is 0 Å². The van der Waals surface area contributed by atoms with Gasteiger partial charge in [0.05, 0.1) is 23.2 Å². The zero-order valence-electron chi connectivity index (χ0n) is 21.0. The minimum Gasteiger partial charge on any atom is -0.272 e. The lowest BCUT2D eigenvalue weighted by molar-refractivity contribution is -0.118. The zero-order valence-corrected chi connectivity index (χ0v) is 21.8. The van der Waals surface area contributed by atoms with Crippen LogP contribution in [0.4, 0.5) is 0 Å². The first-order valence-electron chi connectivity index (χ1n) is 12.0. The van der Waals surface area contributed by atoms with E-state index in [1.165, 1.54) is 17.3 Å². The Labute approximate surface area is 220 Å². The monoisotopic (exact) mass is 505 g/mol. The third kappa shape index (κ3) is 5.62. The van der Waals surface area contributed by atoms with Crippen molar-refractivity contribution in [3.8, 4) is 16.9 Å². The molecule has 0 bridgehead atoms. The highest BCUT2D eigenvalue weighted by molar-refractivity contribution is 8.00. The number of thioether (sulfide) groups is 1. The third-order valence-corrected chi connectivity index (χ3v) is 7.03. The maximum absolute atomic E-state index is 12.6. The summed E-state index contributed by atoms with van der Waals surface area (Å²) in [4.78, 5) is 18.3. The Morgan fingerprint density at radius 1 is 1.00 bits per heavy atom. The SMILES string of the molecule is Cc1ccc(-c2nn(-c3ccccc3)cc2/C=N/NC(=O)CSc2cc(C)nc3c(C)cccc23)cc1. The number of hydrogen-bond donors (Lipinski definition) is 1. The van der Waals surface area contributed by atoms with Gasteiger partial charge in [0.25, 0.3) is 0 Å². The number of rotatable bonds is 7. The average Bonchev–Trinajstić information content (AvgIpc) is 3.33. The molecule has 0 aliphatic heterocycles. The summed E-state index contributed by atoms with van der Waals surface area (Å²) < 4.78 is 1.83. The van der Waals surface area contributed by atoms with Gasteiger partial charge in [0, 0.05) is 33.3 Å². The number of carbonyl (C=O) groups excluding carboxylic acids is 1. The summed E-state index contributed by atoms with van der Waals surface area (Å²) in [6.07, 6.45) is 3.57. The number of benzene rings is 3. The summed E-state index contributed by atoms with van der Waals surface area (Å²) in [5.74, 6) is 0.0710. The van der Waals surface area contributed by atoms with Crippen molar-refractivity contribution in [1.82, 2.24) is 20.2 Å². The number of hydrogen-bond acceptors (Lipinski definition) is 5. The van der Waals surface area contributed by atoms with Gasteiger partial charge in [0.1, 0.15) is 5.69 Å². The number of fused-ring (bicyclic) bond motifs is 1. The molecule has 0 unspecified atom stereocenters. The summed E-state index contributed by atoms with van der Waals surface area (Å²) in [6, 6.07) is 26.3. The number of pyridine rings is 1. The Bertz CT molecular complexity index is 1590. The van der Waals surface area contributed by atoms with E-state index in [4.69, 9.17) is 5.10 Å². The first-order chi connectivity index (χ1) is 18.0. The molecule has 0 saturated carbocycles. The summed E-state index contributed by atoms with van der Waals surface area (Å²) in [6.45, 7) is 6.08. The highest BCUT2D eigenvalue weighted by atomic mass is 32.2. The van der Waals surface area contributed by atoms with Gasteiger partial charge in [0.2, 0.25) is 5.91 Å². The van der Waals surface area contributed by atoms with E-state index in [1.807, 2.05) is 78.5 Å². The Balaban J connectivity index is 1.32. The number of hydrazone groups is 1. The van der Waals surface area contributed by atoms with E-state index < -0.39 is 0 Å². The second-order valence-electron chi connectivity index (χ2n) is 8.89. The lowest BCUT2D eigenvalue weighted by atomic mass is 10.1. The van der Waals surface area contributed by atoms with Crippen LogP contribution in [0, 0.1) is 20.8 Å². The molecule has 0 aliphatic rings. The Morgan fingerprint density at radius 2 is 1.78 bits per heavy atom. The van der Waals surface area contributed by atoms with Crippen LogP contribution in [0.2, 0.25) is 0 Å². The largest absolute Gasteiger partial charge is 0.272 e. The Hall–Kier alpha value is -4.23. The molecule has 7 heteroatoms. The number of carbonyl (C=O) groups is 1. The molecule has 0 fully saturated rings. The molecule has 0 atom stereocenters. The number of nitrogens with one attached hydrogen (secondary N) is 1. The van der Waals surface area contributed by atoms with Crippen molar-refractivity contribution in [2.45, 2.75) is 25.7 Å². The van der Waals surface area contributed by atoms with Crippen LogP contribution in [0.1, 0.15) is 22.4 Å². The van der Waals surface area contributed by atoms with Gasteiger partial charge in [-0.05, 0) is 44.5 Å². The number of aryl methyl sites for hydroxylation is 3. The van der Waals surface area contributed by atoms with Gasteiger partial charge < -0.3 is 0 Å². The van der Waals surface area contributed by atoms with Crippen LogP contribution >= 0.6 is 11.8 Å². The molecule has 1 amide bonds. The normalized spacial score (nSPS) is 11.3. The van der Waals surface area contributed by atoms with E-state index >= 15 is 0 Å². The van der Waals surface area contributed by atoms with E-state index in [1.54, 1.807) is 6.21 Å². The van der Waals surface area contributed by atoms with Gasteiger partial charge in [0.15, 0.2) is 0 Å². The molecular weight excluding hydrogens is 478 g/mol. The van der Waals surface area contributed by atoms with E-state index in [9.17, 15) is 4.79 Å². The van der Waals surface area contributed by atoms with Crippen LogP contribution < -0.4 is 5.43 Å². The molecule has 2 aromatic heterocycles. The molecule has 5 aromatic rings. The summed E-state index contributed by atoms with van der Waals surface area (Å²) in [7, 11) is 0. The maximum atomic E-state index is 12.6. The molecule has 3 aromatic carbocycles. The van der Waals surface area contributed by atoms with Crippen LogP contribution in [0.25, 0.3) is 27.8 Å². The van der Waals surface area contributed by atoms with E-state index in [0.29, 0.717) is 0 Å². The van der Waals surface area contributed by atoms with Gasteiger partial charge in [-0.3, -0.25) is 9.78 Å². The third-order valence-electron chi connectivity index (χ3n) is 5.97. The Morgan fingerprint density at radius 3 is 2.57 bits per heavy atom. The number of aromatic nitrogens is 3. The van der Waals surface area contributed by atoms with Crippen LogP contribution in [-0.4, -0.2) is 32.6 Å². The van der Waals surface area contributed by atoms with E-state index in [-0.39, 0.29) is 11.7 Å². The fourth-order valence-corrected chi connectivity index (χ4v) is 5.01. The molecule has 0 spiro atoms. The second kappa shape index (κ2) is 10.8. The molecule has 37 heavy (non-hydrogen) atoms. The fraction of sp³-hybridized carbons (Fsp3) is 0.133. The number of para-hydroxylation sites is 2. The minimum atomic E-state index is -0.177. The van der Waals surface area contributed by atoms with Crippen molar-refractivity contribution in [3.05, 3.63) is 107 Å². The first kappa shape index (κ1) is 24.5. The standard InChI is InChI=1S/C30H27N5OS/c1-20-12-14-23(15-13-20)30-24(18-35(34-30)25-9-5-4-6-10-25)17-31-33-28(36)19-37-27-16-22(3)32-29-21(2)8-7-11-26(27)29/h4-18H,19H2,1-3H3,(H,33,36)/b31-17+. The minimum absolute atomic E-state index is 0.177. The van der Waals surface area contributed by atoms with Crippen molar-refractivity contribution in [2.75, 3.05) is 5.75 Å². The summed E-state index contributed by atoms with van der Waals surface area (Å²) in [5, 5.41) is 10.1. The first-order valence-corrected chi connectivity index (χ1v) is 13.0. The highest BCUT2D eigenvalue weighted by Gasteiger charge is 2.12. The molecule has 0 radical (unpaired) electrons. The van der Waals surface area contributed by atoms with Crippen LogP contribution in [0.15, 0.2) is 95.1 Å². The average molecular weight is 506 g/mol. The molecule has 2 heterocycles. The molecular formula is C30H27N5OS. The highest BCUT2D eigenvalue weighted by Crippen LogP contribution is 2.29. The van der Waals surface area contributed by atoms with Gasteiger partial charge in [-0.25, -0.2) is 10.1 Å². The predicted octanol–water partition coefficient (Wildman–Crippen LogP) is 6.26. The van der Waals surface area contributed by atoms with Crippen LogP contribution in [0.5, 0.6) is 0 Å². The molecule has 1 N–H and O–H groups in total. The van der Waals surface area contributed by atoms with Crippen LogP contribution in [0.3, 0.4) is 0 Å². The zero-order chi connectivity index (χ0) is 25.8. The van der Waals surface area contributed by atoms with Crippen molar-refractivity contribution in [2.24, 2.45) is 5.10 Å². The van der Waals surface area contributed by atoms with Gasteiger partial charge in [-0.1, -0.05) is 66.2 Å². The van der Waals surface area contributed by atoms with E-state index in [2.05, 4.69) is 47.6 Å². The van der Waals surface area contributed by atoms with Crippen LogP contribution in [-0.2, 0) is 4.79 Å². The van der Waals surface area contributed by atoms with Crippen molar-refractivity contribution in [1.29, 1.82) is 0 Å². The molecule has 6 nitrogen and oxygen atoms in total. The van der Waals surface area contributed by atoms with Gasteiger partial charge in [-0.2, -0.15) is 10.2 Å². The summed E-state index contributed by atoms with van der Waals surface area (Å²) >= 11 is 1.49. The Kier molecular flexibility index (Phi) is 7.14. The number of amides is 1. The predicted molar refractivity (Wildman–Crippen MR) is 151 cm³/mol. The second-order valence-corrected chi connectivity index (χ2v) is 9.91. The van der Waals surface area contributed by atoms with Crippen molar-refractivity contribution >= 4 is 34.8 Å². The molecule has 0 aliphatic carbocycles. The van der Waals surface area contributed by atoms with Gasteiger partial charge >= 0.3 is 0 Å². The summed E-state index contributed by atoms with van der Waals surface area (Å²) in [5.41, 5.74) is 10.4. The molecule has 0 saturated heterocycles. The maximum Gasteiger partial charge on any atom is 0.250 e. The van der Waals surface area contributed by atoms with E-state index in [0.717, 1.165) is 49.6 Å². The quantitative estimate of drug-likeness (QED) is 0.161. The molecule has 184 valence electrons. The van der Waals surface area contributed by atoms with Gasteiger partial charge in [-0.15, -0.1) is 11.8 Å². The molecule has 5 rings (SSSR count). The van der Waals surface area contributed by atoms with Crippen molar-refractivity contribution < 1.29 is 4.79 Å². The lowest BCUT2D eigenvalue weighted by Crippen LogP contribution is -2.19. The smallest absolute Gasteiger partial charge is 0.250 e.